The number of fused-ring (bicyclic) bond motifs is 1. The molecule has 3 aromatic rings. The quantitative estimate of drug-likeness (QED) is 0.511. The molecular weight excluding hydrogens is 382 g/mol. The van der Waals surface area contributed by atoms with Crippen LogP contribution in [-0.2, 0) is 5.75 Å². The van der Waals surface area contributed by atoms with Gasteiger partial charge in [0.2, 0.25) is 5.13 Å². The molecule has 4 rings (SSSR count). The van der Waals surface area contributed by atoms with Crippen molar-refractivity contribution in [2.24, 2.45) is 0 Å². The lowest BCUT2D eigenvalue weighted by molar-refractivity contribution is 0.102. The molecule has 27 heavy (non-hydrogen) atoms. The Bertz CT molecular complexity index is 931. The summed E-state index contributed by atoms with van der Waals surface area (Å²) in [6, 6.07) is 15.3. The monoisotopic (exact) mass is 399 g/mol. The first kappa shape index (κ1) is 17.8. The number of benzene rings is 2. The smallest absolute Gasteiger partial charge is 0.257 e. The fraction of sp³-hybridized carbons (Fsp3) is 0.211. The molecule has 1 aliphatic rings. The van der Waals surface area contributed by atoms with Crippen LogP contribution in [0.1, 0.15) is 22.3 Å². The first-order valence-electron chi connectivity index (χ1n) is 8.49. The predicted molar refractivity (Wildman–Crippen MR) is 106 cm³/mol. The van der Waals surface area contributed by atoms with Crippen molar-refractivity contribution >= 4 is 34.1 Å². The van der Waals surface area contributed by atoms with E-state index in [1.807, 2.05) is 18.2 Å². The molecule has 0 fully saturated rings. The Balaban J connectivity index is 1.38. The van der Waals surface area contributed by atoms with E-state index in [1.165, 1.54) is 16.9 Å². The second-order valence-electron chi connectivity index (χ2n) is 5.81. The molecule has 1 amide bonds. The molecule has 0 bridgehead atoms. The van der Waals surface area contributed by atoms with Gasteiger partial charge in [0.05, 0.1) is 13.2 Å². The van der Waals surface area contributed by atoms with Crippen LogP contribution >= 0.6 is 23.1 Å². The van der Waals surface area contributed by atoms with Crippen LogP contribution in [-0.4, -0.2) is 29.3 Å². The Morgan fingerprint density at radius 1 is 1.07 bits per heavy atom. The molecule has 2 aromatic carbocycles. The minimum atomic E-state index is -0.249. The molecule has 0 radical (unpaired) electrons. The second-order valence-corrected chi connectivity index (χ2v) is 8.01. The topological polar surface area (TPSA) is 73.3 Å². The van der Waals surface area contributed by atoms with Crippen molar-refractivity contribution in [3.05, 3.63) is 59.7 Å². The van der Waals surface area contributed by atoms with Gasteiger partial charge in [0.1, 0.15) is 0 Å². The van der Waals surface area contributed by atoms with Gasteiger partial charge in [0.15, 0.2) is 15.8 Å². The van der Waals surface area contributed by atoms with Crippen molar-refractivity contribution in [1.29, 1.82) is 0 Å². The molecule has 6 nitrogen and oxygen atoms in total. The summed E-state index contributed by atoms with van der Waals surface area (Å²) < 4.78 is 12.0. The highest BCUT2D eigenvalue weighted by Crippen LogP contribution is 2.31. The summed E-state index contributed by atoms with van der Waals surface area (Å²) in [5, 5.41) is 11.5. The van der Waals surface area contributed by atoms with Crippen LogP contribution in [0, 0.1) is 0 Å². The number of nitrogens with one attached hydrogen (secondary N) is 1. The number of ether oxygens (including phenoxy) is 2. The molecule has 2 heterocycles. The van der Waals surface area contributed by atoms with Crippen LogP contribution in [0.5, 0.6) is 11.5 Å². The molecule has 8 heteroatoms. The lowest BCUT2D eigenvalue weighted by atomic mass is 10.2. The first-order chi connectivity index (χ1) is 13.3. The number of carbonyl (C=O) groups is 1. The summed E-state index contributed by atoms with van der Waals surface area (Å²) in [6.45, 7) is 1.20. The number of hydrogen-bond donors (Lipinski definition) is 1. The van der Waals surface area contributed by atoms with E-state index in [0.29, 0.717) is 35.4 Å². The molecule has 0 unspecified atom stereocenters. The highest BCUT2D eigenvalue weighted by atomic mass is 32.2. The van der Waals surface area contributed by atoms with Gasteiger partial charge in [-0.05, 0) is 23.8 Å². The number of rotatable bonds is 5. The van der Waals surface area contributed by atoms with Gasteiger partial charge in [0, 0.05) is 17.7 Å². The Labute approximate surface area is 164 Å². The molecule has 0 saturated carbocycles. The van der Waals surface area contributed by atoms with E-state index in [2.05, 4.69) is 27.6 Å². The van der Waals surface area contributed by atoms with Gasteiger partial charge < -0.3 is 9.47 Å². The highest BCUT2D eigenvalue weighted by molar-refractivity contribution is 8.00. The van der Waals surface area contributed by atoms with E-state index in [0.717, 1.165) is 16.5 Å². The standard InChI is InChI=1S/C19H17N3O3S2/c23-17(14-7-8-15-16(11-14)25-10-4-9-24-15)20-18-21-22-19(27-18)26-12-13-5-2-1-3-6-13/h1-3,5-8,11H,4,9-10,12H2,(H,20,21,23). The van der Waals surface area contributed by atoms with E-state index in [9.17, 15) is 4.79 Å². The minimum Gasteiger partial charge on any atom is -0.490 e. The third-order valence-corrected chi connectivity index (χ3v) is 5.88. The van der Waals surface area contributed by atoms with Crippen LogP contribution in [0.15, 0.2) is 52.9 Å². The van der Waals surface area contributed by atoms with Crippen molar-refractivity contribution in [3.8, 4) is 11.5 Å². The molecule has 1 aliphatic heterocycles. The molecule has 1 aromatic heterocycles. The van der Waals surface area contributed by atoms with E-state index in [-0.39, 0.29) is 5.91 Å². The lowest BCUT2D eigenvalue weighted by Crippen LogP contribution is -2.12. The van der Waals surface area contributed by atoms with E-state index >= 15 is 0 Å². The van der Waals surface area contributed by atoms with E-state index in [1.54, 1.807) is 30.0 Å². The maximum Gasteiger partial charge on any atom is 0.257 e. The zero-order chi connectivity index (χ0) is 18.5. The number of hydrogen-bond acceptors (Lipinski definition) is 7. The van der Waals surface area contributed by atoms with Gasteiger partial charge in [-0.3, -0.25) is 10.1 Å². The summed E-state index contributed by atoms with van der Waals surface area (Å²) in [5.74, 6) is 1.82. The Kier molecular flexibility index (Phi) is 5.55. The SMILES string of the molecule is O=C(Nc1nnc(SCc2ccccc2)s1)c1ccc2c(c1)OCCCO2. The van der Waals surface area contributed by atoms with Crippen LogP contribution < -0.4 is 14.8 Å². The third-order valence-electron chi connectivity index (χ3n) is 3.84. The second kappa shape index (κ2) is 8.41. The molecular formula is C19H17N3O3S2. The summed E-state index contributed by atoms with van der Waals surface area (Å²) in [5.41, 5.74) is 1.71. The van der Waals surface area contributed by atoms with Gasteiger partial charge in [-0.1, -0.05) is 53.4 Å². The van der Waals surface area contributed by atoms with Gasteiger partial charge in [-0.25, -0.2) is 0 Å². The number of amides is 1. The highest BCUT2D eigenvalue weighted by Gasteiger charge is 2.15. The number of thioether (sulfide) groups is 1. The van der Waals surface area contributed by atoms with E-state index < -0.39 is 0 Å². The van der Waals surface area contributed by atoms with Gasteiger partial charge in [0.25, 0.3) is 5.91 Å². The Hall–Kier alpha value is -2.58. The molecule has 138 valence electrons. The van der Waals surface area contributed by atoms with Crippen LogP contribution in [0.3, 0.4) is 0 Å². The number of carbonyl (C=O) groups excluding carboxylic acids is 1. The maximum atomic E-state index is 12.5. The van der Waals surface area contributed by atoms with Crippen molar-refractivity contribution in [3.63, 3.8) is 0 Å². The van der Waals surface area contributed by atoms with Crippen molar-refractivity contribution in [2.75, 3.05) is 18.5 Å². The predicted octanol–water partition coefficient (Wildman–Crippen LogP) is 4.24. The Morgan fingerprint density at radius 2 is 1.89 bits per heavy atom. The van der Waals surface area contributed by atoms with Crippen molar-refractivity contribution in [2.45, 2.75) is 16.5 Å². The normalized spacial score (nSPS) is 13.0. The van der Waals surface area contributed by atoms with Gasteiger partial charge in [-0.15, -0.1) is 10.2 Å². The summed E-state index contributed by atoms with van der Waals surface area (Å²) in [6.07, 6.45) is 0.824. The minimum absolute atomic E-state index is 0.249. The van der Waals surface area contributed by atoms with Crippen molar-refractivity contribution in [1.82, 2.24) is 10.2 Å². The molecule has 0 atom stereocenters. The zero-order valence-electron chi connectivity index (χ0n) is 14.4. The fourth-order valence-electron chi connectivity index (χ4n) is 2.51. The summed E-state index contributed by atoms with van der Waals surface area (Å²) in [4.78, 5) is 12.5. The number of nitrogens with zero attached hydrogens (tertiary/aromatic N) is 2. The number of anilines is 1. The summed E-state index contributed by atoms with van der Waals surface area (Å²) in [7, 11) is 0. The average Bonchev–Trinajstić information content (AvgIpc) is 3.01. The lowest BCUT2D eigenvalue weighted by Gasteiger charge is -2.08. The maximum absolute atomic E-state index is 12.5. The van der Waals surface area contributed by atoms with Crippen LogP contribution in [0.25, 0.3) is 0 Å². The molecule has 0 spiro atoms. The van der Waals surface area contributed by atoms with Crippen LogP contribution in [0.4, 0.5) is 5.13 Å². The van der Waals surface area contributed by atoms with Crippen LogP contribution in [0.2, 0.25) is 0 Å². The Morgan fingerprint density at radius 3 is 2.74 bits per heavy atom. The van der Waals surface area contributed by atoms with Gasteiger partial charge >= 0.3 is 0 Å². The van der Waals surface area contributed by atoms with E-state index in [4.69, 9.17) is 9.47 Å². The van der Waals surface area contributed by atoms with Gasteiger partial charge in [-0.2, -0.15) is 0 Å². The molecule has 0 saturated heterocycles. The third kappa shape index (κ3) is 4.58. The zero-order valence-corrected chi connectivity index (χ0v) is 16.0. The molecule has 1 N–H and O–H groups in total. The molecule has 0 aliphatic carbocycles. The first-order valence-corrected chi connectivity index (χ1v) is 10.3. The number of aromatic nitrogens is 2. The summed E-state index contributed by atoms with van der Waals surface area (Å²) >= 11 is 2.96. The fourth-order valence-corrected chi connectivity index (χ4v) is 4.21. The average molecular weight is 399 g/mol. The largest absolute Gasteiger partial charge is 0.490 e. The van der Waals surface area contributed by atoms with Crippen molar-refractivity contribution < 1.29 is 14.3 Å².